The number of hydrogen-bond donors (Lipinski definition) is 1. The molecule has 0 spiro atoms. The lowest BCUT2D eigenvalue weighted by Gasteiger charge is -2.17. The van der Waals surface area contributed by atoms with E-state index in [4.69, 9.17) is 4.42 Å². The number of amides is 1. The molecule has 0 radical (unpaired) electrons. The highest BCUT2D eigenvalue weighted by Gasteiger charge is 2.19. The highest BCUT2D eigenvalue weighted by atomic mass is 16.3. The molecule has 5 heteroatoms. The molecule has 1 aromatic carbocycles. The van der Waals surface area contributed by atoms with Crippen LogP contribution in [0.2, 0.25) is 0 Å². The van der Waals surface area contributed by atoms with Crippen molar-refractivity contribution in [3.63, 3.8) is 0 Å². The average Bonchev–Trinajstić information content (AvgIpc) is 3.23. The lowest BCUT2D eigenvalue weighted by Crippen LogP contribution is -2.29. The van der Waals surface area contributed by atoms with E-state index in [1.54, 1.807) is 17.1 Å². The number of nitrogens with one attached hydrogen (secondary N) is 1. The minimum Gasteiger partial charge on any atom is -0.467 e. The molecule has 0 unspecified atom stereocenters. The van der Waals surface area contributed by atoms with E-state index >= 15 is 0 Å². The molecule has 2 heterocycles. The van der Waals surface area contributed by atoms with Gasteiger partial charge in [-0.2, -0.15) is 5.10 Å². The van der Waals surface area contributed by atoms with Gasteiger partial charge >= 0.3 is 0 Å². The van der Waals surface area contributed by atoms with Gasteiger partial charge in [0.1, 0.15) is 11.8 Å². The van der Waals surface area contributed by atoms with Gasteiger partial charge in [-0.05, 0) is 30.2 Å². The van der Waals surface area contributed by atoms with Crippen molar-refractivity contribution in [2.45, 2.75) is 18.9 Å². The minimum atomic E-state index is -0.273. The second-order valence-corrected chi connectivity index (χ2v) is 5.37. The van der Waals surface area contributed by atoms with Crippen LogP contribution in [0.1, 0.15) is 29.5 Å². The number of furan rings is 1. The number of aromatic nitrogens is 2. The summed E-state index contributed by atoms with van der Waals surface area (Å²) in [5.41, 5.74) is 2.03. The topological polar surface area (TPSA) is 60.1 Å². The van der Waals surface area contributed by atoms with Crippen LogP contribution in [-0.2, 0) is 18.3 Å². The van der Waals surface area contributed by atoms with E-state index < -0.39 is 0 Å². The van der Waals surface area contributed by atoms with Gasteiger partial charge in [0.25, 0.3) is 0 Å². The first-order valence-corrected chi connectivity index (χ1v) is 7.58. The zero-order valence-electron chi connectivity index (χ0n) is 13.0. The highest BCUT2D eigenvalue weighted by Crippen LogP contribution is 2.22. The van der Waals surface area contributed by atoms with E-state index in [-0.39, 0.29) is 11.9 Å². The molecular weight excluding hydrogens is 290 g/mol. The summed E-state index contributed by atoms with van der Waals surface area (Å²) in [4.78, 5) is 12.3. The van der Waals surface area contributed by atoms with E-state index in [1.807, 2.05) is 55.6 Å². The van der Waals surface area contributed by atoms with Crippen molar-refractivity contribution in [2.24, 2.45) is 7.05 Å². The summed E-state index contributed by atoms with van der Waals surface area (Å²) in [5, 5.41) is 7.17. The summed E-state index contributed by atoms with van der Waals surface area (Å²) in [6, 6.07) is 15.2. The number of carbonyl (C=O) groups is 1. The van der Waals surface area contributed by atoms with Gasteiger partial charge in [0.2, 0.25) is 5.91 Å². The van der Waals surface area contributed by atoms with Crippen molar-refractivity contribution >= 4 is 5.91 Å². The third-order valence-electron chi connectivity index (χ3n) is 3.80. The zero-order valence-corrected chi connectivity index (χ0v) is 13.0. The van der Waals surface area contributed by atoms with Crippen LogP contribution < -0.4 is 5.32 Å². The molecule has 1 amide bonds. The van der Waals surface area contributed by atoms with E-state index in [2.05, 4.69) is 10.4 Å². The van der Waals surface area contributed by atoms with E-state index in [1.165, 1.54) is 0 Å². The SMILES string of the molecule is Cn1nccc1CCC(=O)N[C@@H](c1ccccc1)c1ccco1. The van der Waals surface area contributed by atoms with E-state index in [9.17, 15) is 4.79 Å². The standard InChI is InChI=1S/C18H19N3O2/c1-21-15(11-12-19-21)9-10-17(22)20-18(16-8-5-13-23-16)14-6-3-2-4-7-14/h2-8,11-13,18H,9-10H2,1H3,(H,20,22)/t18-/m0/s1. The fourth-order valence-electron chi connectivity index (χ4n) is 2.54. The van der Waals surface area contributed by atoms with Gasteiger partial charge in [0, 0.05) is 25.4 Å². The normalized spacial score (nSPS) is 12.0. The van der Waals surface area contributed by atoms with Gasteiger partial charge in [-0.3, -0.25) is 9.48 Å². The van der Waals surface area contributed by atoms with Crippen LogP contribution in [0.15, 0.2) is 65.4 Å². The smallest absolute Gasteiger partial charge is 0.221 e. The second-order valence-electron chi connectivity index (χ2n) is 5.37. The summed E-state index contributed by atoms with van der Waals surface area (Å²) >= 11 is 0. The van der Waals surface area contributed by atoms with Gasteiger partial charge in [-0.25, -0.2) is 0 Å². The quantitative estimate of drug-likeness (QED) is 0.761. The van der Waals surface area contributed by atoms with E-state index in [0.717, 1.165) is 17.0 Å². The fourth-order valence-corrected chi connectivity index (χ4v) is 2.54. The first kappa shape index (κ1) is 15.1. The Hall–Kier alpha value is -2.82. The summed E-state index contributed by atoms with van der Waals surface area (Å²) in [7, 11) is 1.88. The maximum absolute atomic E-state index is 12.3. The molecule has 23 heavy (non-hydrogen) atoms. The predicted molar refractivity (Wildman–Crippen MR) is 86.7 cm³/mol. The first-order valence-electron chi connectivity index (χ1n) is 7.58. The zero-order chi connectivity index (χ0) is 16.1. The van der Waals surface area contributed by atoms with Crippen LogP contribution in [0.5, 0.6) is 0 Å². The average molecular weight is 309 g/mol. The van der Waals surface area contributed by atoms with Crippen LogP contribution in [0, 0.1) is 0 Å². The van der Waals surface area contributed by atoms with Gasteiger partial charge in [0.05, 0.1) is 6.26 Å². The van der Waals surface area contributed by atoms with Crippen molar-refractivity contribution in [3.05, 3.63) is 78.0 Å². The van der Waals surface area contributed by atoms with Gasteiger partial charge < -0.3 is 9.73 Å². The molecule has 5 nitrogen and oxygen atoms in total. The number of carbonyl (C=O) groups excluding carboxylic acids is 1. The molecule has 0 fully saturated rings. The highest BCUT2D eigenvalue weighted by molar-refractivity contribution is 5.77. The molecule has 118 valence electrons. The lowest BCUT2D eigenvalue weighted by molar-refractivity contribution is -0.121. The Morgan fingerprint density at radius 2 is 2.04 bits per heavy atom. The summed E-state index contributed by atoms with van der Waals surface area (Å²) in [6.45, 7) is 0. The molecular formula is C18H19N3O2. The van der Waals surface area contributed by atoms with Crippen LogP contribution >= 0.6 is 0 Å². The summed E-state index contributed by atoms with van der Waals surface area (Å²) in [5.74, 6) is 0.710. The van der Waals surface area contributed by atoms with E-state index in [0.29, 0.717) is 12.8 Å². The molecule has 1 atom stereocenters. The molecule has 1 N–H and O–H groups in total. The maximum Gasteiger partial charge on any atom is 0.221 e. The van der Waals surface area contributed by atoms with Crippen LogP contribution in [0.3, 0.4) is 0 Å². The molecule has 0 aliphatic heterocycles. The molecule has 0 aliphatic carbocycles. The Morgan fingerprint density at radius 3 is 2.70 bits per heavy atom. The Kier molecular flexibility index (Phi) is 4.57. The Bertz CT molecular complexity index is 748. The summed E-state index contributed by atoms with van der Waals surface area (Å²) < 4.78 is 7.28. The number of hydrogen-bond acceptors (Lipinski definition) is 3. The molecule has 0 saturated heterocycles. The lowest BCUT2D eigenvalue weighted by atomic mass is 10.0. The third-order valence-corrected chi connectivity index (χ3v) is 3.80. The Morgan fingerprint density at radius 1 is 1.22 bits per heavy atom. The van der Waals surface area contributed by atoms with Gasteiger partial charge in [0.15, 0.2) is 0 Å². The number of rotatable bonds is 6. The fraction of sp³-hybridized carbons (Fsp3) is 0.222. The maximum atomic E-state index is 12.3. The second kappa shape index (κ2) is 6.96. The molecule has 0 bridgehead atoms. The van der Waals surface area contributed by atoms with Crippen molar-refractivity contribution in [3.8, 4) is 0 Å². The molecule has 0 aliphatic rings. The van der Waals surface area contributed by atoms with Gasteiger partial charge in [-0.15, -0.1) is 0 Å². The molecule has 3 aromatic rings. The predicted octanol–water partition coefficient (Wildman–Crippen LogP) is 2.85. The van der Waals surface area contributed by atoms with Crippen molar-refractivity contribution < 1.29 is 9.21 Å². The Balaban J connectivity index is 1.69. The monoisotopic (exact) mass is 309 g/mol. The van der Waals surface area contributed by atoms with Gasteiger partial charge in [-0.1, -0.05) is 30.3 Å². The van der Waals surface area contributed by atoms with Crippen molar-refractivity contribution in [1.29, 1.82) is 0 Å². The number of nitrogens with zero attached hydrogens (tertiary/aromatic N) is 2. The molecule has 0 saturated carbocycles. The van der Waals surface area contributed by atoms with Crippen LogP contribution in [0.4, 0.5) is 0 Å². The number of benzene rings is 1. The molecule has 2 aromatic heterocycles. The Labute approximate surface area is 134 Å². The third kappa shape index (κ3) is 3.69. The van der Waals surface area contributed by atoms with Crippen LogP contribution in [-0.4, -0.2) is 15.7 Å². The molecule has 3 rings (SSSR count). The van der Waals surface area contributed by atoms with Crippen molar-refractivity contribution in [1.82, 2.24) is 15.1 Å². The first-order chi connectivity index (χ1) is 11.2. The van der Waals surface area contributed by atoms with Crippen LogP contribution in [0.25, 0.3) is 0 Å². The largest absolute Gasteiger partial charge is 0.467 e. The minimum absolute atomic E-state index is 0.0172. The number of aryl methyl sites for hydroxylation is 2. The summed E-state index contributed by atoms with van der Waals surface area (Å²) in [6.07, 6.45) is 4.42. The van der Waals surface area contributed by atoms with Crippen molar-refractivity contribution in [2.75, 3.05) is 0 Å².